The van der Waals surface area contributed by atoms with E-state index in [0.717, 1.165) is 11.1 Å². The number of nitrogens with one attached hydrogen (secondary N) is 1. The molecule has 0 aliphatic rings. The van der Waals surface area contributed by atoms with Crippen LogP contribution in [0.1, 0.15) is 31.0 Å². The fourth-order valence-electron chi connectivity index (χ4n) is 2.33. The maximum atomic E-state index is 12.6. The number of nitrogens with zero attached hydrogens (tertiary/aromatic N) is 3. The maximum Gasteiger partial charge on any atom is 0.318 e. The topological polar surface area (TPSA) is 59.4 Å². The first-order valence-corrected chi connectivity index (χ1v) is 8.67. The van der Waals surface area contributed by atoms with E-state index in [4.69, 9.17) is 16.3 Å². The minimum atomic E-state index is -0.158. The first-order valence-electron chi connectivity index (χ1n) is 8.29. The Morgan fingerprint density at radius 1 is 1.40 bits per heavy atom. The van der Waals surface area contributed by atoms with Crippen LogP contribution >= 0.6 is 11.6 Å². The number of halogens is 1. The van der Waals surface area contributed by atoms with E-state index < -0.39 is 0 Å². The number of urea groups is 1. The zero-order valence-electron chi connectivity index (χ0n) is 14.9. The van der Waals surface area contributed by atoms with E-state index in [1.165, 1.54) is 0 Å². The van der Waals surface area contributed by atoms with Gasteiger partial charge in [-0.1, -0.05) is 29.8 Å². The Morgan fingerprint density at radius 3 is 2.80 bits per heavy atom. The van der Waals surface area contributed by atoms with Crippen LogP contribution in [0.25, 0.3) is 0 Å². The minimum absolute atomic E-state index is 0.158. The predicted molar refractivity (Wildman–Crippen MR) is 98.6 cm³/mol. The fraction of sp³-hybridized carbons (Fsp3) is 0.444. The lowest BCUT2D eigenvalue weighted by Gasteiger charge is -2.23. The predicted octanol–water partition coefficient (Wildman–Crippen LogP) is 3.48. The van der Waals surface area contributed by atoms with Crippen molar-refractivity contribution < 1.29 is 9.53 Å². The van der Waals surface area contributed by atoms with E-state index in [0.29, 0.717) is 37.3 Å². The molecular weight excluding hydrogens is 340 g/mol. The standard InChI is InChI=1S/C18H25ClN4O2/c1-14(2)23-12-15(11-21-23)10-20-18(24)22(8-9-25-3)13-16-6-4-5-7-17(16)19/h4-7,11-12,14H,8-10,13H2,1-3H3,(H,20,24). The van der Waals surface area contributed by atoms with Crippen molar-refractivity contribution in [3.63, 3.8) is 0 Å². The Labute approximate surface area is 153 Å². The van der Waals surface area contributed by atoms with E-state index in [1.54, 1.807) is 18.2 Å². The molecular formula is C18H25ClN4O2. The lowest BCUT2D eigenvalue weighted by atomic mass is 10.2. The quantitative estimate of drug-likeness (QED) is 0.780. The second kappa shape index (κ2) is 9.44. The van der Waals surface area contributed by atoms with Gasteiger partial charge in [-0.05, 0) is 25.5 Å². The average Bonchev–Trinajstić information content (AvgIpc) is 3.07. The molecule has 0 fully saturated rings. The number of aromatic nitrogens is 2. The molecule has 0 radical (unpaired) electrons. The number of hydrogen-bond acceptors (Lipinski definition) is 3. The molecule has 0 saturated carbocycles. The van der Waals surface area contributed by atoms with Gasteiger partial charge < -0.3 is 15.0 Å². The number of methoxy groups -OCH3 is 1. The van der Waals surface area contributed by atoms with Crippen LogP contribution in [0.4, 0.5) is 4.79 Å². The second-order valence-electron chi connectivity index (χ2n) is 6.09. The van der Waals surface area contributed by atoms with Gasteiger partial charge in [-0.2, -0.15) is 5.10 Å². The van der Waals surface area contributed by atoms with Crippen LogP contribution in [0.5, 0.6) is 0 Å². The summed E-state index contributed by atoms with van der Waals surface area (Å²) in [6, 6.07) is 7.66. The highest BCUT2D eigenvalue weighted by Crippen LogP contribution is 2.17. The molecule has 2 rings (SSSR count). The Morgan fingerprint density at radius 2 is 2.16 bits per heavy atom. The first-order chi connectivity index (χ1) is 12.0. The molecule has 0 spiro atoms. The largest absolute Gasteiger partial charge is 0.383 e. The highest BCUT2D eigenvalue weighted by Gasteiger charge is 2.15. The van der Waals surface area contributed by atoms with Crippen molar-refractivity contribution in [1.29, 1.82) is 0 Å². The molecule has 1 aromatic carbocycles. The van der Waals surface area contributed by atoms with Crippen molar-refractivity contribution in [3.05, 3.63) is 52.8 Å². The third kappa shape index (κ3) is 5.76. The molecule has 1 heterocycles. The third-order valence-electron chi connectivity index (χ3n) is 3.80. The monoisotopic (exact) mass is 364 g/mol. The van der Waals surface area contributed by atoms with E-state index >= 15 is 0 Å². The number of amides is 2. The lowest BCUT2D eigenvalue weighted by Crippen LogP contribution is -2.41. The van der Waals surface area contributed by atoms with Gasteiger partial charge in [-0.15, -0.1) is 0 Å². The summed E-state index contributed by atoms with van der Waals surface area (Å²) in [6.07, 6.45) is 3.71. The molecule has 0 saturated heterocycles. The third-order valence-corrected chi connectivity index (χ3v) is 4.17. The van der Waals surface area contributed by atoms with E-state index in [1.807, 2.05) is 35.1 Å². The zero-order valence-corrected chi connectivity index (χ0v) is 15.7. The highest BCUT2D eigenvalue weighted by atomic mass is 35.5. The minimum Gasteiger partial charge on any atom is -0.383 e. The summed E-state index contributed by atoms with van der Waals surface area (Å²) in [6.45, 7) is 5.93. The van der Waals surface area contributed by atoms with E-state index in [9.17, 15) is 4.79 Å². The second-order valence-corrected chi connectivity index (χ2v) is 6.49. The number of ether oxygens (including phenoxy) is 1. The van der Waals surface area contributed by atoms with Gasteiger partial charge in [0, 0.05) is 49.6 Å². The summed E-state index contributed by atoms with van der Waals surface area (Å²) in [5.74, 6) is 0. The zero-order chi connectivity index (χ0) is 18.2. The van der Waals surface area contributed by atoms with Gasteiger partial charge in [0.05, 0.1) is 12.8 Å². The summed E-state index contributed by atoms with van der Waals surface area (Å²) in [7, 11) is 1.62. The Hall–Kier alpha value is -2.05. The van der Waals surface area contributed by atoms with Gasteiger partial charge >= 0.3 is 6.03 Å². The van der Waals surface area contributed by atoms with E-state index in [-0.39, 0.29) is 6.03 Å². The fourth-order valence-corrected chi connectivity index (χ4v) is 2.52. The maximum absolute atomic E-state index is 12.6. The summed E-state index contributed by atoms with van der Waals surface area (Å²) < 4.78 is 6.98. The molecule has 1 N–H and O–H groups in total. The first kappa shape index (κ1) is 19.3. The van der Waals surface area contributed by atoms with Crippen LogP contribution in [-0.4, -0.2) is 41.0 Å². The van der Waals surface area contributed by atoms with Crippen molar-refractivity contribution in [2.45, 2.75) is 33.0 Å². The smallest absolute Gasteiger partial charge is 0.318 e. The lowest BCUT2D eigenvalue weighted by molar-refractivity contribution is 0.146. The molecule has 0 bridgehead atoms. The van der Waals surface area contributed by atoms with Crippen molar-refractivity contribution in [3.8, 4) is 0 Å². The van der Waals surface area contributed by atoms with Crippen LogP contribution in [0.15, 0.2) is 36.7 Å². The van der Waals surface area contributed by atoms with Gasteiger partial charge in [-0.25, -0.2) is 4.79 Å². The summed E-state index contributed by atoms with van der Waals surface area (Å²) >= 11 is 6.21. The molecule has 1 aromatic heterocycles. The van der Waals surface area contributed by atoms with Crippen molar-refractivity contribution in [1.82, 2.24) is 20.0 Å². The van der Waals surface area contributed by atoms with Gasteiger partial charge in [0.25, 0.3) is 0 Å². The molecule has 136 valence electrons. The van der Waals surface area contributed by atoms with Crippen LogP contribution in [-0.2, 0) is 17.8 Å². The molecule has 2 amide bonds. The van der Waals surface area contributed by atoms with Crippen LogP contribution in [0.3, 0.4) is 0 Å². The molecule has 25 heavy (non-hydrogen) atoms. The number of rotatable bonds is 8. The number of carbonyl (C=O) groups excluding carboxylic acids is 1. The summed E-state index contributed by atoms with van der Waals surface area (Å²) in [5.41, 5.74) is 1.87. The molecule has 0 aliphatic carbocycles. The normalized spacial score (nSPS) is 10.9. The van der Waals surface area contributed by atoms with Crippen LogP contribution < -0.4 is 5.32 Å². The molecule has 6 nitrogen and oxygen atoms in total. The number of carbonyl (C=O) groups is 1. The van der Waals surface area contributed by atoms with Crippen molar-refractivity contribution in [2.24, 2.45) is 0 Å². The molecule has 0 atom stereocenters. The number of benzene rings is 1. The molecule has 0 aliphatic heterocycles. The van der Waals surface area contributed by atoms with Crippen LogP contribution in [0.2, 0.25) is 5.02 Å². The molecule has 7 heteroatoms. The van der Waals surface area contributed by atoms with Gasteiger partial charge in [0.15, 0.2) is 0 Å². The van der Waals surface area contributed by atoms with Gasteiger partial charge in [-0.3, -0.25) is 4.68 Å². The Kier molecular flexibility index (Phi) is 7.28. The molecule has 2 aromatic rings. The van der Waals surface area contributed by atoms with Gasteiger partial charge in [0.1, 0.15) is 0 Å². The number of hydrogen-bond donors (Lipinski definition) is 1. The van der Waals surface area contributed by atoms with Crippen molar-refractivity contribution >= 4 is 17.6 Å². The van der Waals surface area contributed by atoms with Gasteiger partial charge in [0.2, 0.25) is 0 Å². The van der Waals surface area contributed by atoms with E-state index in [2.05, 4.69) is 24.3 Å². The highest BCUT2D eigenvalue weighted by molar-refractivity contribution is 6.31. The summed E-state index contributed by atoms with van der Waals surface area (Å²) in [4.78, 5) is 14.3. The van der Waals surface area contributed by atoms with Crippen LogP contribution in [0, 0.1) is 0 Å². The Balaban J connectivity index is 1.98. The molecule has 0 unspecified atom stereocenters. The SMILES string of the molecule is COCCN(Cc1ccccc1Cl)C(=O)NCc1cnn(C(C)C)c1. The average molecular weight is 365 g/mol. The Bertz CT molecular complexity index is 687. The van der Waals surface area contributed by atoms with Crippen molar-refractivity contribution in [2.75, 3.05) is 20.3 Å². The summed E-state index contributed by atoms with van der Waals surface area (Å²) in [5, 5.41) is 7.87.